The molecule has 0 aromatic heterocycles. The molecule has 2 fully saturated rings. The van der Waals surface area contributed by atoms with Crippen LogP contribution >= 0.6 is 0 Å². The Morgan fingerprint density at radius 2 is 1.89 bits per heavy atom. The van der Waals surface area contributed by atoms with E-state index >= 15 is 0 Å². The first kappa shape index (κ1) is 14.3. The number of nitrogens with zero attached hydrogens (tertiary/aromatic N) is 1. The van der Waals surface area contributed by atoms with Crippen LogP contribution in [0.15, 0.2) is 0 Å². The van der Waals surface area contributed by atoms with E-state index in [1.807, 2.05) is 0 Å². The minimum Gasteiger partial charge on any atom is -0.311 e. The van der Waals surface area contributed by atoms with E-state index in [1.165, 1.54) is 58.0 Å². The van der Waals surface area contributed by atoms with Crippen LogP contribution in [0, 0.1) is 5.92 Å². The van der Waals surface area contributed by atoms with Gasteiger partial charge in [-0.25, -0.2) is 0 Å². The van der Waals surface area contributed by atoms with Gasteiger partial charge in [-0.3, -0.25) is 4.90 Å². The Kier molecular flexibility index (Phi) is 5.50. The fraction of sp³-hybridized carbons (Fsp3) is 1.00. The monoisotopic (exact) mass is 252 g/mol. The smallest absolute Gasteiger partial charge is 0.0247 e. The number of nitrogens with one attached hydrogen (secondary N) is 1. The minimum atomic E-state index is 0.743. The van der Waals surface area contributed by atoms with Crippen LogP contribution in [0.3, 0.4) is 0 Å². The van der Waals surface area contributed by atoms with Crippen molar-refractivity contribution in [3.8, 4) is 0 Å². The first-order valence-corrected chi connectivity index (χ1v) is 8.21. The lowest BCUT2D eigenvalue weighted by Crippen LogP contribution is -2.61. The van der Waals surface area contributed by atoms with Crippen LogP contribution in [0.4, 0.5) is 0 Å². The lowest BCUT2D eigenvalue weighted by atomic mass is 9.88. The molecule has 2 unspecified atom stereocenters. The van der Waals surface area contributed by atoms with Gasteiger partial charge >= 0.3 is 0 Å². The Hall–Kier alpha value is -0.0800. The average Bonchev–Trinajstić information content (AvgIpc) is 2.40. The van der Waals surface area contributed by atoms with Crippen LogP contribution in [-0.4, -0.2) is 36.1 Å². The Bertz CT molecular complexity index is 233. The predicted octanol–water partition coefficient (Wildman–Crippen LogP) is 3.42. The highest BCUT2D eigenvalue weighted by Crippen LogP contribution is 2.28. The normalized spacial score (nSPS) is 32.0. The molecule has 1 aliphatic heterocycles. The number of hydrogen-bond acceptors (Lipinski definition) is 2. The standard InChI is InChI=1S/C16H32N2/c1-4-8-14-12-18(15-9-6-5-7-10-15)16(11-17-14)13(2)3/h13-17H,4-12H2,1-3H3. The van der Waals surface area contributed by atoms with Gasteiger partial charge in [0.15, 0.2) is 0 Å². The van der Waals surface area contributed by atoms with E-state index in [0.717, 1.165) is 24.0 Å². The van der Waals surface area contributed by atoms with Crippen molar-refractivity contribution in [3.05, 3.63) is 0 Å². The average molecular weight is 252 g/mol. The Morgan fingerprint density at radius 3 is 2.50 bits per heavy atom. The largest absolute Gasteiger partial charge is 0.311 e. The zero-order valence-electron chi connectivity index (χ0n) is 12.6. The van der Waals surface area contributed by atoms with Gasteiger partial charge in [-0.15, -0.1) is 0 Å². The van der Waals surface area contributed by atoms with E-state index in [0.29, 0.717) is 0 Å². The summed E-state index contributed by atoms with van der Waals surface area (Å²) in [5.41, 5.74) is 0. The molecule has 2 aliphatic rings. The zero-order chi connectivity index (χ0) is 13.0. The fourth-order valence-electron chi connectivity index (χ4n) is 3.85. The minimum absolute atomic E-state index is 0.743. The van der Waals surface area contributed by atoms with Crippen molar-refractivity contribution in [3.63, 3.8) is 0 Å². The lowest BCUT2D eigenvalue weighted by molar-refractivity contribution is 0.0375. The highest BCUT2D eigenvalue weighted by Gasteiger charge is 2.34. The van der Waals surface area contributed by atoms with Crippen molar-refractivity contribution in [1.82, 2.24) is 10.2 Å². The highest BCUT2D eigenvalue weighted by atomic mass is 15.3. The first-order chi connectivity index (χ1) is 8.72. The third-order valence-electron chi connectivity index (χ3n) is 4.92. The van der Waals surface area contributed by atoms with Gasteiger partial charge in [-0.1, -0.05) is 46.5 Å². The molecule has 2 nitrogen and oxygen atoms in total. The van der Waals surface area contributed by atoms with Crippen LogP contribution in [0.25, 0.3) is 0 Å². The van der Waals surface area contributed by atoms with E-state index in [2.05, 4.69) is 31.0 Å². The molecule has 18 heavy (non-hydrogen) atoms. The third kappa shape index (κ3) is 3.48. The van der Waals surface area contributed by atoms with Crippen molar-refractivity contribution in [2.75, 3.05) is 13.1 Å². The van der Waals surface area contributed by atoms with Crippen molar-refractivity contribution in [2.45, 2.75) is 83.8 Å². The molecule has 1 aliphatic carbocycles. The molecule has 0 aromatic carbocycles. The van der Waals surface area contributed by atoms with E-state index in [1.54, 1.807) is 0 Å². The van der Waals surface area contributed by atoms with E-state index in [9.17, 15) is 0 Å². The molecule has 2 atom stereocenters. The van der Waals surface area contributed by atoms with Crippen molar-refractivity contribution in [2.24, 2.45) is 5.92 Å². The Morgan fingerprint density at radius 1 is 1.17 bits per heavy atom. The van der Waals surface area contributed by atoms with E-state index < -0.39 is 0 Å². The maximum Gasteiger partial charge on any atom is 0.0247 e. The molecule has 1 N–H and O–H groups in total. The molecule has 0 spiro atoms. The summed E-state index contributed by atoms with van der Waals surface area (Å²) in [4.78, 5) is 2.88. The molecule has 2 heteroatoms. The van der Waals surface area contributed by atoms with Gasteiger partial charge in [-0.05, 0) is 25.2 Å². The molecule has 0 radical (unpaired) electrons. The molecule has 0 aromatic rings. The van der Waals surface area contributed by atoms with Crippen LogP contribution in [-0.2, 0) is 0 Å². The molecular weight excluding hydrogens is 220 g/mol. The van der Waals surface area contributed by atoms with Gasteiger partial charge in [0.1, 0.15) is 0 Å². The summed E-state index contributed by atoms with van der Waals surface area (Å²) < 4.78 is 0. The summed E-state index contributed by atoms with van der Waals surface area (Å²) >= 11 is 0. The zero-order valence-corrected chi connectivity index (χ0v) is 12.6. The summed E-state index contributed by atoms with van der Waals surface area (Å²) in [5, 5.41) is 3.78. The van der Waals surface area contributed by atoms with E-state index in [-0.39, 0.29) is 0 Å². The summed E-state index contributed by atoms with van der Waals surface area (Å²) in [6.45, 7) is 9.59. The number of hydrogen-bond donors (Lipinski definition) is 1. The van der Waals surface area contributed by atoms with Gasteiger partial charge < -0.3 is 5.32 Å². The molecule has 1 saturated carbocycles. The van der Waals surface area contributed by atoms with Gasteiger partial charge in [0, 0.05) is 31.2 Å². The van der Waals surface area contributed by atoms with Crippen molar-refractivity contribution >= 4 is 0 Å². The Balaban J connectivity index is 1.99. The van der Waals surface area contributed by atoms with Crippen molar-refractivity contribution in [1.29, 1.82) is 0 Å². The summed E-state index contributed by atoms with van der Waals surface area (Å²) in [6.07, 6.45) is 9.92. The van der Waals surface area contributed by atoms with Gasteiger partial charge in [-0.2, -0.15) is 0 Å². The van der Waals surface area contributed by atoms with Crippen molar-refractivity contribution < 1.29 is 0 Å². The third-order valence-corrected chi connectivity index (χ3v) is 4.92. The predicted molar refractivity (Wildman–Crippen MR) is 78.9 cm³/mol. The number of rotatable bonds is 4. The maximum atomic E-state index is 3.78. The second-order valence-corrected chi connectivity index (χ2v) is 6.69. The summed E-state index contributed by atoms with van der Waals surface area (Å²) in [5.74, 6) is 0.780. The van der Waals surface area contributed by atoms with Gasteiger partial charge in [0.2, 0.25) is 0 Å². The van der Waals surface area contributed by atoms with Crippen LogP contribution in [0.5, 0.6) is 0 Å². The van der Waals surface area contributed by atoms with Crippen LogP contribution < -0.4 is 5.32 Å². The molecular formula is C16H32N2. The lowest BCUT2D eigenvalue weighted by Gasteiger charge is -2.47. The van der Waals surface area contributed by atoms with Gasteiger partial charge in [0.05, 0.1) is 0 Å². The topological polar surface area (TPSA) is 15.3 Å². The first-order valence-electron chi connectivity index (χ1n) is 8.21. The van der Waals surface area contributed by atoms with Crippen LogP contribution in [0.2, 0.25) is 0 Å². The second kappa shape index (κ2) is 6.91. The summed E-state index contributed by atoms with van der Waals surface area (Å²) in [6, 6.07) is 2.39. The maximum absolute atomic E-state index is 3.78. The molecule has 0 amide bonds. The van der Waals surface area contributed by atoms with Crippen LogP contribution in [0.1, 0.15) is 65.7 Å². The van der Waals surface area contributed by atoms with E-state index in [4.69, 9.17) is 0 Å². The highest BCUT2D eigenvalue weighted by molar-refractivity contribution is 4.92. The number of piperazine rings is 1. The SMILES string of the molecule is CCCC1CN(C2CCCCC2)C(C(C)C)CN1. The molecule has 1 saturated heterocycles. The Labute approximate surface area is 114 Å². The second-order valence-electron chi connectivity index (χ2n) is 6.69. The molecule has 1 heterocycles. The molecule has 0 bridgehead atoms. The summed E-state index contributed by atoms with van der Waals surface area (Å²) in [7, 11) is 0. The molecule has 106 valence electrons. The van der Waals surface area contributed by atoms with Gasteiger partial charge in [0.25, 0.3) is 0 Å². The fourth-order valence-corrected chi connectivity index (χ4v) is 3.85. The molecule has 2 rings (SSSR count). The quantitative estimate of drug-likeness (QED) is 0.825.